The van der Waals surface area contributed by atoms with Crippen LogP contribution in [0.1, 0.15) is 19.4 Å². The van der Waals surface area contributed by atoms with Gasteiger partial charge in [0.2, 0.25) is 0 Å². The van der Waals surface area contributed by atoms with Crippen LogP contribution >= 0.6 is 0 Å². The quantitative estimate of drug-likeness (QED) is 0.802. The normalized spacial score (nSPS) is 34.2. The fourth-order valence-electron chi connectivity index (χ4n) is 2.14. The maximum Gasteiger partial charge on any atom is 0.128 e. The summed E-state index contributed by atoms with van der Waals surface area (Å²) >= 11 is 0. The largest absolute Gasteiger partial charge is 0.394 e. The van der Waals surface area contributed by atoms with Crippen LogP contribution in [0.2, 0.25) is 0 Å². The van der Waals surface area contributed by atoms with Gasteiger partial charge in [-0.25, -0.2) is 4.39 Å². The van der Waals surface area contributed by atoms with Gasteiger partial charge in [-0.1, -0.05) is 25.1 Å². The van der Waals surface area contributed by atoms with Gasteiger partial charge in [-0.15, -0.1) is 0 Å². The molecule has 1 aromatic carbocycles. The Kier molecular flexibility index (Phi) is 2.97. The molecule has 0 radical (unpaired) electrons. The monoisotopic (exact) mass is 225 g/mol. The van der Waals surface area contributed by atoms with Crippen molar-refractivity contribution in [3.8, 4) is 0 Å². The van der Waals surface area contributed by atoms with Crippen molar-refractivity contribution in [2.45, 2.75) is 25.5 Å². The zero-order chi connectivity index (χ0) is 11.8. The lowest BCUT2D eigenvalue weighted by Crippen LogP contribution is -2.39. The minimum Gasteiger partial charge on any atom is -0.394 e. The number of benzene rings is 1. The van der Waals surface area contributed by atoms with Gasteiger partial charge in [0.1, 0.15) is 11.9 Å². The number of rotatable bonds is 2. The summed E-state index contributed by atoms with van der Waals surface area (Å²) in [5.41, 5.74) is 2.81. The van der Waals surface area contributed by atoms with Crippen LogP contribution in [0.4, 0.5) is 4.39 Å². The topological polar surface area (TPSA) is 41.5 Å². The van der Waals surface area contributed by atoms with Gasteiger partial charge in [0.05, 0.1) is 12.1 Å². The Bertz CT molecular complexity index is 385. The fourth-order valence-corrected chi connectivity index (χ4v) is 2.14. The molecule has 1 aromatic rings. The van der Waals surface area contributed by atoms with E-state index in [1.165, 1.54) is 6.07 Å². The third-order valence-corrected chi connectivity index (χ3v) is 3.50. The molecule has 0 amide bonds. The average molecular weight is 225 g/mol. The van der Waals surface area contributed by atoms with E-state index >= 15 is 0 Å². The molecule has 1 fully saturated rings. The molecular formula is C12H16FNO2. The molecule has 1 heterocycles. The van der Waals surface area contributed by atoms with Gasteiger partial charge in [0, 0.05) is 11.5 Å². The van der Waals surface area contributed by atoms with E-state index in [0.717, 1.165) is 0 Å². The van der Waals surface area contributed by atoms with Crippen molar-refractivity contribution in [2.24, 2.45) is 5.92 Å². The van der Waals surface area contributed by atoms with Gasteiger partial charge in [-0.3, -0.25) is 4.84 Å². The maximum absolute atomic E-state index is 13.7. The molecule has 0 bridgehead atoms. The minimum absolute atomic E-state index is 0.00519. The lowest BCUT2D eigenvalue weighted by Gasteiger charge is -2.29. The van der Waals surface area contributed by atoms with Crippen LogP contribution in [0.5, 0.6) is 0 Å². The highest BCUT2D eigenvalue weighted by molar-refractivity contribution is 5.27. The first-order valence-electron chi connectivity index (χ1n) is 5.38. The number of nitrogens with one attached hydrogen (secondary N) is 1. The van der Waals surface area contributed by atoms with Crippen LogP contribution in [0.25, 0.3) is 0 Å². The molecule has 2 rings (SSSR count). The first-order chi connectivity index (χ1) is 7.59. The number of hydroxylamine groups is 1. The fraction of sp³-hybridized carbons (Fsp3) is 0.500. The molecule has 3 atom stereocenters. The van der Waals surface area contributed by atoms with Crippen LogP contribution in [0.3, 0.4) is 0 Å². The Morgan fingerprint density at radius 1 is 1.50 bits per heavy atom. The second kappa shape index (κ2) is 4.13. The van der Waals surface area contributed by atoms with Crippen molar-refractivity contribution in [1.29, 1.82) is 0 Å². The molecular weight excluding hydrogens is 209 g/mol. The summed E-state index contributed by atoms with van der Waals surface area (Å²) in [5.74, 6) is -0.263. The summed E-state index contributed by atoms with van der Waals surface area (Å²) in [6.07, 6.45) is -0.301. The molecule has 2 unspecified atom stereocenters. The summed E-state index contributed by atoms with van der Waals surface area (Å²) in [5, 5.41) is 9.13. The average Bonchev–Trinajstić information content (AvgIpc) is 2.57. The smallest absolute Gasteiger partial charge is 0.128 e. The molecule has 4 heteroatoms. The number of hydrogen-bond acceptors (Lipinski definition) is 3. The van der Waals surface area contributed by atoms with E-state index in [-0.39, 0.29) is 24.4 Å². The third kappa shape index (κ3) is 1.63. The van der Waals surface area contributed by atoms with Gasteiger partial charge in [-0.05, 0) is 13.0 Å². The van der Waals surface area contributed by atoms with Gasteiger partial charge in [0.25, 0.3) is 0 Å². The first-order valence-corrected chi connectivity index (χ1v) is 5.38. The van der Waals surface area contributed by atoms with Crippen LogP contribution in [-0.4, -0.2) is 17.8 Å². The van der Waals surface area contributed by atoms with E-state index < -0.39 is 5.54 Å². The molecule has 16 heavy (non-hydrogen) atoms. The van der Waals surface area contributed by atoms with Crippen molar-refractivity contribution < 1.29 is 14.3 Å². The van der Waals surface area contributed by atoms with E-state index in [1.807, 2.05) is 13.8 Å². The summed E-state index contributed by atoms with van der Waals surface area (Å²) < 4.78 is 13.7. The van der Waals surface area contributed by atoms with Gasteiger partial charge in [0.15, 0.2) is 0 Å². The lowest BCUT2D eigenvalue weighted by molar-refractivity contribution is -0.0167. The molecule has 0 saturated carbocycles. The van der Waals surface area contributed by atoms with Crippen LogP contribution in [0, 0.1) is 11.7 Å². The minimum atomic E-state index is -0.598. The highest BCUT2D eigenvalue weighted by Gasteiger charge is 2.45. The maximum atomic E-state index is 13.7. The Morgan fingerprint density at radius 3 is 2.75 bits per heavy atom. The first kappa shape index (κ1) is 11.5. The second-order valence-corrected chi connectivity index (χ2v) is 4.41. The van der Waals surface area contributed by atoms with Crippen LogP contribution in [0.15, 0.2) is 24.3 Å². The Balaban J connectivity index is 2.37. The molecule has 0 aliphatic carbocycles. The number of halogens is 1. The number of hydrogen-bond donors (Lipinski definition) is 2. The number of aliphatic hydroxyl groups excluding tert-OH is 1. The van der Waals surface area contributed by atoms with E-state index in [2.05, 4.69) is 5.48 Å². The second-order valence-electron chi connectivity index (χ2n) is 4.41. The molecule has 1 aliphatic rings. The molecule has 1 saturated heterocycles. The molecule has 2 N–H and O–H groups in total. The van der Waals surface area contributed by atoms with Crippen LogP contribution in [-0.2, 0) is 10.4 Å². The SMILES string of the molecule is CC1C(CO)ON[C@]1(C)c1ccccc1F. The van der Waals surface area contributed by atoms with Gasteiger partial charge >= 0.3 is 0 Å². The standard InChI is InChI=1S/C12H16FNO2/c1-8-11(7-15)16-14-12(8,2)9-5-3-4-6-10(9)13/h3-6,8,11,14-15H,7H2,1-2H3/t8?,11?,12-/m0/s1. The van der Waals surface area contributed by atoms with E-state index in [1.54, 1.807) is 18.2 Å². The molecule has 0 spiro atoms. The van der Waals surface area contributed by atoms with E-state index in [4.69, 9.17) is 9.94 Å². The Hall–Kier alpha value is -0.970. The van der Waals surface area contributed by atoms with Crippen molar-refractivity contribution in [3.63, 3.8) is 0 Å². The molecule has 1 aliphatic heterocycles. The Morgan fingerprint density at radius 2 is 2.19 bits per heavy atom. The van der Waals surface area contributed by atoms with Crippen molar-refractivity contribution in [1.82, 2.24) is 5.48 Å². The van der Waals surface area contributed by atoms with E-state index in [9.17, 15) is 4.39 Å². The number of aliphatic hydroxyl groups is 1. The summed E-state index contributed by atoms with van der Waals surface area (Å²) in [6.45, 7) is 3.75. The van der Waals surface area contributed by atoms with Crippen LogP contribution < -0.4 is 5.48 Å². The zero-order valence-corrected chi connectivity index (χ0v) is 9.40. The predicted octanol–water partition coefficient (Wildman–Crippen LogP) is 1.57. The zero-order valence-electron chi connectivity index (χ0n) is 9.40. The predicted molar refractivity (Wildman–Crippen MR) is 58.0 cm³/mol. The summed E-state index contributed by atoms with van der Waals surface area (Å²) in [4.78, 5) is 5.27. The highest BCUT2D eigenvalue weighted by Crippen LogP contribution is 2.38. The summed E-state index contributed by atoms with van der Waals surface area (Å²) in [6, 6.07) is 6.62. The third-order valence-electron chi connectivity index (χ3n) is 3.50. The lowest BCUT2D eigenvalue weighted by atomic mass is 9.79. The van der Waals surface area contributed by atoms with Gasteiger partial charge < -0.3 is 5.11 Å². The van der Waals surface area contributed by atoms with E-state index in [0.29, 0.717) is 5.56 Å². The highest BCUT2D eigenvalue weighted by atomic mass is 19.1. The van der Waals surface area contributed by atoms with Gasteiger partial charge in [-0.2, -0.15) is 5.48 Å². The van der Waals surface area contributed by atoms with Crippen molar-refractivity contribution in [2.75, 3.05) is 6.61 Å². The molecule has 0 aromatic heterocycles. The Labute approximate surface area is 94.2 Å². The summed E-state index contributed by atoms with van der Waals surface area (Å²) in [7, 11) is 0. The molecule has 3 nitrogen and oxygen atoms in total. The van der Waals surface area contributed by atoms with Crippen molar-refractivity contribution in [3.05, 3.63) is 35.6 Å². The molecule has 88 valence electrons. The van der Waals surface area contributed by atoms with Crippen molar-refractivity contribution >= 4 is 0 Å².